The summed E-state index contributed by atoms with van der Waals surface area (Å²) >= 11 is 0. The number of aryl methyl sites for hydroxylation is 1. The van der Waals surface area contributed by atoms with E-state index in [1.807, 2.05) is 12.1 Å². The topological polar surface area (TPSA) is 41.5 Å². The quantitative estimate of drug-likeness (QED) is 0.888. The number of allylic oxidation sites excluding steroid dienone is 1. The Morgan fingerprint density at radius 2 is 1.64 bits per heavy atom. The minimum Gasteiger partial charge on any atom is -0.508 e. The first kappa shape index (κ1) is 14.6. The number of halogens is 1. The Bertz CT molecular complexity index is 650. The molecule has 3 nitrogen and oxygen atoms in total. The fourth-order valence-electron chi connectivity index (χ4n) is 2.47. The van der Waals surface area contributed by atoms with E-state index >= 15 is 0 Å². The summed E-state index contributed by atoms with van der Waals surface area (Å²) in [6, 6.07) is 13.7. The Morgan fingerprint density at radius 1 is 0.955 bits per heavy atom. The van der Waals surface area contributed by atoms with E-state index in [1.165, 1.54) is 17.7 Å². The molecule has 0 saturated heterocycles. The Morgan fingerprint density at radius 3 is 2.36 bits per heavy atom. The van der Waals surface area contributed by atoms with Crippen molar-refractivity contribution in [3.8, 4) is 5.75 Å². The Hall–Kier alpha value is -2.33. The molecule has 114 valence electrons. The zero-order valence-corrected chi connectivity index (χ0v) is 12.1. The van der Waals surface area contributed by atoms with Gasteiger partial charge in [-0.25, -0.2) is 4.39 Å². The first-order valence-electron chi connectivity index (χ1n) is 7.34. The average Bonchev–Trinajstić information content (AvgIpc) is 2.97. The highest BCUT2D eigenvalue weighted by molar-refractivity contribution is 5.27. The molecule has 1 aliphatic rings. The van der Waals surface area contributed by atoms with Gasteiger partial charge in [0.05, 0.1) is 0 Å². The van der Waals surface area contributed by atoms with E-state index in [1.54, 1.807) is 24.3 Å². The van der Waals surface area contributed by atoms with Gasteiger partial charge in [-0.3, -0.25) is 10.3 Å². The van der Waals surface area contributed by atoms with Crippen LogP contribution in [0.4, 0.5) is 4.39 Å². The molecule has 22 heavy (non-hydrogen) atoms. The lowest BCUT2D eigenvalue weighted by molar-refractivity contribution is 0.0418. The predicted molar refractivity (Wildman–Crippen MR) is 82.6 cm³/mol. The number of aromatic hydroxyl groups is 1. The largest absolute Gasteiger partial charge is 0.508 e. The molecule has 0 spiro atoms. The van der Waals surface area contributed by atoms with Gasteiger partial charge in [0.25, 0.3) is 0 Å². The van der Waals surface area contributed by atoms with Crippen LogP contribution in [0, 0.1) is 5.82 Å². The summed E-state index contributed by atoms with van der Waals surface area (Å²) in [5.41, 5.74) is 6.23. The molecule has 3 rings (SSSR count). The normalized spacial score (nSPS) is 17.1. The van der Waals surface area contributed by atoms with Crippen LogP contribution in [0.15, 0.2) is 60.3 Å². The minimum atomic E-state index is -0.223. The highest BCUT2D eigenvalue weighted by Crippen LogP contribution is 2.18. The predicted octanol–water partition coefficient (Wildman–Crippen LogP) is 3.49. The third-order valence-corrected chi connectivity index (χ3v) is 3.70. The van der Waals surface area contributed by atoms with Crippen LogP contribution in [0.2, 0.25) is 0 Å². The zero-order chi connectivity index (χ0) is 15.4. The zero-order valence-electron chi connectivity index (χ0n) is 12.1. The highest BCUT2D eigenvalue weighted by Gasteiger charge is 2.16. The fourth-order valence-corrected chi connectivity index (χ4v) is 2.47. The molecule has 0 fully saturated rings. The summed E-state index contributed by atoms with van der Waals surface area (Å²) < 4.78 is 12.9. The molecular formula is C18H18FNO2. The van der Waals surface area contributed by atoms with Gasteiger partial charge in [0.2, 0.25) is 0 Å². The molecule has 1 heterocycles. The molecule has 2 aromatic rings. The molecule has 0 bridgehead atoms. The molecule has 2 aromatic carbocycles. The molecule has 2 N–H and O–H groups in total. The van der Waals surface area contributed by atoms with Crippen LogP contribution in [0.5, 0.6) is 5.75 Å². The van der Waals surface area contributed by atoms with Crippen molar-refractivity contribution in [1.29, 1.82) is 0 Å². The maximum Gasteiger partial charge on any atom is 0.123 e. The first-order valence-corrected chi connectivity index (χ1v) is 7.34. The van der Waals surface area contributed by atoms with Gasteiger partial charge in [0.1, 0.15) is 17.7 Å². The second-order valence-corrected chi connectivity index (χ2v) is 5.45. The molecular weight excluding hydrogens is 281 g/mol. The lowest BCUT2D eigenvalue weighted by atomic mass is 10.1. The summed E-state index contributed by atoms with van der Waals surface area (Å²) in [5.74, 6) is 0.0593. The summed E-state index contributed by atoms with van der Waals surface area (Å²) in [6.45, 7) is 0. The Balaban J connectivity index is 1.53. The van der Waals surface area contributed by atoms with Crippen LogP contribution >= 0.6 is 0 Å². The maximum atomic E-state index is 12.9. The lowest BCUT2D eigenvalue weighted by Gasteiger charge is -2.07. The number of hydrogen-bond donors (Lipinski definition) is 2. The van der Waals surface area contributed by atoms with Crippen LogP contribution in [0.25, 0.3) is 0 Å². The van der Waals surface area contributed by atoms with Crippen molar-refractivity contribution in [3.05, 3.63) is 77.2 Å². The summed E-state index contributed by atoms with van der Waals surface area (Å²) in [5, 5.41) is 9.26. The van der Waals surface area contributed by atoms with Crippen molar-refractivity contribution in [3.63, 3.8) is 0 Å². The van der Waals surface area contributed by atoms with Crippen molar-refractivity contribution in [2.45, 2.75) is 25.4 Å². The van der Waals surface area contributed by atoms with Gasteiger partial charge in [0, 0.05) is 12.1 Å². The van der Waals surface area contributed by atoms with E-state index in [0.29, 0.717) is 0 Å². The van der Waals surface area contributed by atoms with Gasteiger partial charge in [-0.15, -0.1) is 0 Å². The first-order chi connectivity index (χ1) is 10.7. The molecule has 0 aromatic heterocycles. The molecule has 1 aliphatic heterocycles. The Labute approximate surface area is 129 Å². The summed E-state index contributed by atoms with van der Waals surface area (Å²) in [7, 11) is 0. The van der Waals surface area contributed by atoms with Crippen molar-refractivity contribution < 1.29 is 14.3 Å². The van der Waals surface area contributed by atoms with E-state index in [0.717, 1.165) is 30.5 Å². The van der Waals surface area contributed by atoms with Gasteiger partial charge < -0.3 is 5.11 Å². The fraction of sp³-hybridized carbons (Fsp3) is 0.222. The third kappa shape index (κ3) is 3.86. The van der Waals surface area contributed by atoms with Crippen LogP contribution in [-0.2, 0) is 17.7 Å². The maximum absolute atomic E-state index is 12.9. The SMILES string of the molecule is Oc1ccc(CCC2=CC(Cc3ccc(F)cc3)ON2)cc1. The number of benzene rings is 2. The van der Waals surface area contributed by atoms with E-state index in [-0.39, 0.29) is 17.7 Å². The van der Waals surface area contributed by atoms with Gasteiger partial charge in [-0.2, -0.15) is 0 Å². The van der Waals surface area contributed by atoms with Crippen LogP contribution in [-0.4, -0.2) is 11.2 Å². The van der Waals surface area contributed by atoms with Gasteiger partial charge >= 0.3 is 0 Å². The highest BCUT2D eigenvalue weighted by atomic mass is 19.1. The second-order valence-electron chi connectivity index (χ2n) is 5.45. The lowest BCUT2D eigenvalue weighted by Crippen LogP contribution is -2.14. The van der Waals surface area contributed by atoms with Crippen LogP contribution in [0.1, 0.15) is 17.5 Å². The molecule has 1 atom stereocenters. The number of hydroxylamine groups is 1. The molecule has 0 radical (unpaired) electrons. The standard InChI is InChI=1S/C18H18FNO2/c19-15-6-1-14(2-7-15)11-18-12-16(20-22-18)8-3-13-4-9-17(21)10-5-13/h1-2,4-7,9-10,12,18,20-21H,3,8,11H2. The number of phenolic OH excluding ortho intramolecular Hbond substituents is 1. The smallest absolute Gasteiger partial charge is 0.123 e. The monoisotopic (exact) mass is 299 g/mol. The molecule has 0 saturated carbocycles. The van der Waals surface area contributed by atoms with Gasteiger partial charge in [-0.05, 0) is 54.3 Å². The van der Waals surface area contributed by atoms with E-state index < -0.39 is 0 Å². The second kappa shape index (κ2) is 6.62. The van der Waals surface area contributed by atoms with Crippen molar-refractivity contribution >= 4 is 0 Å². The van der Waals surface area contributed by atoms with Gasteiger partial charge in [0.15, 0.2) is 0 Å². The van der Waals surface area contributed by atoms with Crippen molar-refractivity contribution in [2.75, 3.05) is 0 Å². The van der Waals surface area contributed by atoms with Crippen molar-refractivity contribution in [2.24, 2.45) is 0 Å². The minimum absolute atomic E-state index is 0.0275. The van der Waals surface area contributed by atoms with Crippen LogP contribution in [0.3, 0.4) is 0 Å². The number of rotatable bonds is 5. The molecule has 0 aliphatic carbocycles. The van der Waals surface area contributed by atoms with Gasteiger partial charge in [-0.1, -0.05) is 24.3 Å². The number of nitrogens with one attached hydrogen (secondary N) is 1. The number of phenols is 1. The van der Waals surface area contributed by atoms with E-state index in [9.17, 15) is 9.50 Å². The molecule has 4 heteroatoms. The summed E-state index contributed by atoms with van der Waals surface area (Å²) in [4.78, 5) is 5.53. The third-order valence-electron chi connectivity index (χ3n) is 3.70. The number of hydrogen-bond acceptors (Lipinski definition) is 3. The van der Waals surface area contributed by atoms with Crippen LogP contribution < -0.4 is 5.48 Å². The summed E-state index contributed by atoms with van der Waals surface area (Å²) in [6.07, 6.45) is 4.50. The van der Waals surface area contributed by atoms with Crippen molar-refractivity contribution in [1.82, 2.24) is 5.48 Å². The Kier molecular flexibility index (Phi) is 4.39. The average molecular weight is 299 g/mol. The van der Waals surface area contributed by atoms with E-state index in [4.69, 9.17) is 4.84 Å². The molecule has 0 amide bonds. The van der Waals surface area contributed by atoms with E-state index in [2.05, 4.69) is 11.6 Å². The molecule has 1 unspecified atom stereocenters.